The number of nitrogens with zero attached hydrogens (tertiary/aromatic N) is 3. The van der Waals surface area contributed by atoms with Gasteiger partial charge in [0.2, 0.25) is 5.91 Å². The number of ether oxygens (including phenoxy) is 1. The molecule has 1 aliphatic heterocycles. The smallest absolute Gasteiger partial charge is 0.277 e. The summed E-state index contributed by atoms with van der Waals surface area (Å²) in [6.07, 6.45) is 7.88. The first-order chi connectivity index (χ1) is 17.0. The molecule has 0 radical (unpaired) electrons. The standard InChI is InChI=1S/C27H32N4O3S/c1-27(26(33)28-19-10-6-4-3-5-7-11-19)18-30-23(17-22(29-30)24-14-9-15-35-24)25(32)31(27)20-12-8-13-21(16-20)34-2/h8-9,12-17,19H,3-7,10-11,18H2,1-2H3,(H,28,33)/t27-/m0/s1. The molecule has 1 N–H and O–H groups in total. The molecule has 1 saturated carbocycles. The lowest BCUT2D eigenvalue weighted by Gasteiger charge is -2.43. The molecule has 8 heteroatoms. The molecule has 3 heterocycles. The maximum atomic E-state index is 14.0. The van der Waals surface area contributed by atoms with Crippen molar-refractivity contribution in [2.24, 2.45) is 0 Å². The molecule has 7 nitrogen and oxygen atoms in total. The van der Waals surface area contributed by atoms with Gasteiger partial charge in [0, 0.05) is 17.8 Å². The first kappa shape index (κ1) is 23.6. The highest BCUT2D eigenvalue weighted by atomic mass is 32.1. The number of aromatic nitrogens is 2. The van der Waals surface area contributed by atoms with Gasteiger partial charge < -0.3 is 10.1 Å². The van der Waals surface area contributed by atoms with Crippen LogP contribution in [-0.2, 0) is 11.3 Å². The average Bonchev–Trinajstić information content (AvgIpc) is 3.51. The van der Waals surface area contributed by atoms with Crippen LogP contribution in [0.4, 0.5) is 5.69 Å². The lowest BCUT2D eigenvalue weighted by atomic mass is 9.91. The van der Waals surface area contributed by atoms with Crippen LogP contribution in [0.3, 0.4) is 0 Å². The molecule has 1 aliphatic carbocycles. The van der Waals surface area contributed by atoms with E-state index in [2.05, 4.69) is 5.32 Å². The zero-order valence-corrected chi connectivity index (χ0v) is 21.1. The molecule has 184 valence electrons. The predicted molar refractivity (Wildman–Crippen MR) is 138 cm³/mol. The highest BCUT2D eigenvalue weighted by molar-refractivity contribution is 7.13. The van der Waals surface area contributed by atoms with E-state index in [0.717, 1.165) is 36.3 Å². The second kappa shape index (κ2) is 9.85. The van der Waals surface area contributed by atoms with Crippen LogP contribution in [0.5, 0.6) is 5.75 Å². The third kappa shape index (κ3) is 4.59. The monoisotopic (exact) mass is 492 g/mol. The fraction of sp³-hybridized carbons (Fsp3) is 0.444. The first-order valence-electron chi connectivity index (χ1n) is 12.4. The molecule has 0 bridgehead atoms. The third-order valence-electron chi connectivity index (χ3n) is 7.17. The Kier molecular flexibility index (Phi) is 6.65. The van der Waals surface area contributed by atoms with E-state index >= 15 is 0 Å². The third-order valence-corrected chi connectivity index (χ3v) is 8.06. The Bertz CT molecular complexity index is 1200. The lowest BCUT2D eigenvalue weighted by molar-refractivity contribution is -0.127. The first-order valence-corrected chi connectivity index (χ1v) is 13.3. The number of fused-ring (bicyclic) bond motifs is 1. The minimum atomic E-state index is -1.14. The Hall–Kier alpha value is -3.13. The minimum Gasteiger partial charge on any atom is -0.497 e. The summed E-state index contributed by atoms with van der Waals surface area (Å²) in [5, 5.41) is 10.0. The van der Waals surface area contributed by atoms with Crippen molar-refractivity contribution in [2.45, 2.75) is 70.0 Å². The van der Waals surface area contributed by atoms with Crippen molar-refractivity contribution in [1.82, 2.24) is 15.1 Å². The summed E-state index contributed by atoms with van der Waals surface area (Å²) >= 11 is 1.58. The maximum absolute atomic E-state index is 14.0. The number of benzene rings is 1. The fourth-order valence-corrected chi connectivity index (χ4v) is 5.90. The molecule has 0 unspecified atom stereocenters. The summed E-state index contributed by atoms with van der Waals surface area (Å²) in [5.74, 6) is 0.254. The van der Waals surface area contributed by atoms with Gasteiger partial charge in [-0.25, -0.2) is 0 Å². The molecule has 2 aromatic heterocycles. The van der Waals surface area contributed by atoms with E-state index < -0.39 is 5.54 Å². The molecule has 2 amide bonds. The number of amides is 2. The molecule has 3 aromatic rings. The van der Waals surface area contributed by atoms with Gasteiger partial charge in [-0.05, 0) is 49.4 Å². The second-order valence-corrected chi connectivity index (χ2v) is 10.6. The van der Waals surface area contributed by atoms with Crippen LogP contribution in [0, 0.1) is 0 Å². The molecule has 1 aromatic carbocycles. The second-order valence-electron chi connectivity index (χ2n) is 9.68. The van der Waals surface area contributed by atoms with Crippen LogP contribution in [0.15, 0.2) is 47.8 Å². The Morgan fingerprint density at radius 3 is 2.60 bits per heavy atom. The zero-order chi connectivity index (χ0) is 24.4. The number of methoxy groups -OCH3 is 1. The molecular formula is C27H32N4O3S. The SMILES string of the molecule is COc1cccc(N2C(=O)c3cc(-c4cccs4)nn3C[C@@]2(C)C(=O)NC2CCCCCCC2)c1. The molecule has 0 spiro atoms. The Morgan fingerprint density at radius 2 is 1.89 bits per heavy atom. The summed E-state index contributed by atoms with van der Waals surface area (Å²) in [7, 11) is 1.60. The lowest BCUT2D eigenvalue weighted by Crippen LogP contribution is -2.65. The van der Waals surface area contributed by atoms with Gasteiger partial charge in [-0.3, -0.25) is 19.2 Å². The van der Waals surface area contributed by atoms with Crippen LogP contribution < -0.4 is 15.0 Å². The topological polar surface area (TPSA) is 76.5 Å². The van der Waals surface area contributed by atoms with Crippen LogP contribution in [0.2, 0.25) is 0 Å². The summed E-state index contributed by atoms with van der Waals surface area (Å²) in [6, 6.07) is 13.3. The zero-order valence-electron chi connectivity index (χ0n) is 20.3. The van der Waals surface area contributed by atoms with E-state index in [9.17, 15) is 9.59 Å². The molecule has 2 aliphatic rings. The number of carbonyl (C=O) groups excluding carboxylic acids is 2. The normalized spacial score (nSPS) is 21.2. The molecule has 1 atom stereocenters. The van der Waals surface area contributed by atoms with Gasteiger partial charge in [-0.15, -0.1) is 11.3 Å². The van der Waals surface area contributed by atoms with Crippen LogP contribution in [0.25, 0.3) is 10.6 Å². The van der Waals surface area contributed by atoms with Crippen molar-refractivity contribution in [3.05, 3.63) is 53.5 Å². The van der Waals surface area contributed by atoms with Gasteiger partial charge in [-0.2, -0.15) is 5.10 Å². The number of hydrogen-bond acceptors (Lipinski definition) is 5. The molecular weight excluding hydrogens is 460 g/mol. The van der Waals surface area contributed by atoms with E-state index in [4.69, 9.17) is 9.84 Å². The van der Waals surface area contributed by atoms with Crippen molar-refractivity contribution in [3.63, 3.8) is 0 Å². The van der Waals surface area contributed by atoms with Crippen LogP contribution in [-0.4, -0.2) is 40.3 Å². The van der Waals surface area contributed by atoms with Gasteiger partial charge >= 0.3 is 0 Å². The maximum Gasteiger partial charge on any atom is 0.277 e. The summed E-state index contributed by atoms with van der Waals surface area (Å²) in [4.78, 5) is 30.5. The molecule has 5 rings (SSSR count). The number of nitrogens with one attached hydrogen (secondary N) is 1. The minimum absolute atomic E-state index is 0.127. The van der Waals surface area contributed by atoms with Crippen molar-refractivity contribution in [1.29, 1.82) is 0 Å². The highest BCUT2D eigenvalue weighted by Crippen LogP contribution is 2.36. The Labute approximate surface area is 210 Å². The van der Waals surface area contributed by atoms with E-state index in [1.807, 2.05) is 54.8 Å². The van der Waals surface area contributed by atoms with Crippen molar-refractivity contribution in [2.75, 3.05) is 12.0 Å². The van der Waals surface area contributed by atoms with Gasteiger partial charge in [-0.1, -0.05) is 44.2 Å². The van der Waals surface area contributed by atoms with E-state index in [-0.39, 0.29) is 24.4 Å². The summed E-state index contributed by atoms with van der Waals surface area (Å²) in [6.45, 7) is 2.12. The summed E-state index contributed by atoms with van der Waals surface area (Å²) < 4.78 is 7.12. The fourth-order valence-electron chi connectivity index (χ4n) is 5.22. The van der Waals surface area contributed by atoms with E-state index in [0.29, 0.717) is 17.1 Å². The van der Waals surface area contributed by atoms with E-state index in [1.54, 1.807) is 28.0 Å². The van der Waals surface area contributed by atoms with Crippen molar-refractivity contribution in [3.8, 4) is 16.3 Å². The van der Waals surface area contributed by atoms with Gasteiger partial charge in [0.1, 0.15) is 22.7 Å². The Morgan fingerprint density at radius 1 is 1.11 bits per heavy atom. The van der Waals surface area contributed by atoms with Crippen LogP contribution >= 0.6 is 11.3 Å². The molecule has 1 fully saturated rings. The Balaban J connectivity index is 1.53. The summed E-state index contributed by atoms with van der Waals surface area (Å²) in [5.41, 5.74) is 0.721. The molecule has 35 heavy (non-hydrogen) atoms. The highest BCUT2D eigenvalue weighted by Gasteiger charge is 2.49. The van der Waals surface area contributed by atoms with Gasteiger partial charge in [0.25, 0.3) is 5.91 Å². The number of thiophene rings is 1. The number of carbonyl (C=O) groups is 2. The molecule has 0 saturated heterocycles. The number of anilines is 1. The predicted octanol–water partition coefficient (Wildman–Crippen LogP) is 5.27. The largest absolute Gasteiger partial charge is 0.497 e. The quantitative estimate of drug-likeness (QED) is 0.527. The van der Waals surface area contributed by atoms with Crippen molar-refractivity contribution >= 4 is 28.8 Å². The van der Waals surface area contributed by atoms with Gasteiger partial charge in [0.05, 0.1) is 18.5 Å². The van der Waals surface area contributed by atoms with Crippen molar-refractivity contribution < 1.29 is 14.3 Å². The number of hydrogen-bond donors (Lipinski definition) is 1. The van der Waals surface area contributed by atoms with Crippen LogP contribution in [0.1, 0.15) is 62.4 Å². The van der Waals surface area contributed by atoms with E-state index in [1.165, 1.54) is 19.3 Å². The average molecular weight is 493 g/mol. The van der Waals surface area contributed by atoms with Gasteiger partial charge in [0.15, 0.2) is 0 Å². The number of rotatable bonds is 5.